The van der Waals surface area contributed by atoms with Crippen molar-refractivity contribution in [3.8, 4) is 16.3 Å². The number of aromatic nitrogens is 1. The standard InChI is InChI=1S/C14H16N2OS/c1-17-11-5-2-4-10(8-11)14-16-13(9-18-14)12-6-3-7-15-12/h2,4-5,8-9,12,15H,3,6-7H2,1H3. The summed E-state index contributed by atoms with van der Waals surface area (Å²) in [5, 5.41) is 6.71. The Balaban J connectivity index is 1.87. The Bertz CT molecular complexity index is 532. The van der Waals surface area contributed by atoms with E-state index in [1.807, 2.05) is 18.2 Å². The maximum atomic E-state index is 5.25. The minimum atomic E-state index is 0.445. The number of benzene rings is 1. The van der Waals surface area contributed by atoms with Gasteiger partial charge in [-0.1, -0.05) is 12.1 Å². The molecule has 0 radical (unpaired) electrons. The van der Waals surface area contributed by atoms with Crippen LogP contribution in [0, 0.1) is 0 Å². The lowest BCUT2D eigenvalue weighted by Crippen LogP contribution is -2.12. The predicted octanol–water partition coefficient (Wildman–Crippen LogP) is 3.24. The van der Waals surface area contributed by atoms with Crippen LogP contribution in [0.1, 0.15) is 24.6 Å². The third-order valence-corrected chi connectivity index (χ3v) is 4.17. The molecule has 0 aliphatic carbocycles. The highest BCUT2D eigenvalue weighted by Crippen LogP contribution is 2.30. The molecule has 0 amide bonds. The summed E-state index contributed by atoms with van der Waals surface area (Å²) in [6.45, 7) is 1.11. The fourth-order valence-electron chi connectivity index (χ4n) is 2.27. The Hall–Kier alpha value is -1.39. The molecule has 0 spiro atoms. The second kappa shape index (κ2) is 5.08. The van der Waals surface area contributed by atoms with Crippen molar-refractivity contribution in [2.24, 2.45) is 0 Å². The summed E-state index contributed by atoms with van der Waals surface area (Å²) in [6, 6.07) is 8.51. The van der Waals surface area contributed by atoms with E-state index in [1.54, 1.807) is 18.4 Å². The van der Waals surface area contributed by atoms with Crippen molar-refractivity contribution < 1.29 is 4.74 Å². The van der Waals surface area contributed by atoms with Gasteiger partial charge in [0.25, 0.3) is 0 Å². The van der Waals surface area contributed by atoms with Crippen LogP contribution < -0.4 is 10.1 Å². The van der Waals surface area contributed by atoms with E-state index in [-0.39, 0.29) is 0 Å². The summed E-state index contributed by atoms with van der Waals surface area (Å²) in [7, 11) is 1.69. The van der Waals surface area contributed by atoms with Crippen molar-refractivity contribution in [2.45, 2.75) is 18.9 Å². The highest BCUT2D eigenvalue weighted by molar-refractivity contribution is 7.13. The number of rotatable bonds is 3. The fourth-order valence-corrected chi connectivity index (χ4v) is 3.14. The van der Waals surface area contributed by atoms with Gasteiger partial charge in [-0.05, 0) is 31.5 Å². The number of methoxy groups -OCH3 is 1. The highest BCUT2D eigenvalue weighted by atomic mass is 32.1. The van der Waals surface area contributed by atoms with Gasteiger partial charge in [0.05, 0.1) is 18.8 Å². The molecule has 1 aliphatic heterocycles. The van der Waals surface area contributed by atoms with Crippen molar-refractivity contribution in [2.75, 3.05) is 13.7 Å². The van der Waals surface area contributed by atoms with E-state index >= 15 is 0 Å². The smallest absolute Gasteiger partial charge is 0.123 e. The predicted molar refractivity (Wildman–Crippen MR) is 74.1 cm³/mol. The molecule has 1 aromatic heterocycles. The van der Waals surface area contributed by atoms with E-state index in [2.05, 4.69) is 16.8 Å². The lowest BCUT2D eigenvalue weighted by molar-refractivity contribution is 0.415. The maximum Gasteiger partial charge on any atom is 0.123 e. The first-order chi connectivity index (χ1) is 8.86. The van der Waals surface area contributed by atoms with Crippen LogP contribution in [-0.2, 0) is 0 Å². The van der Waals surface area contributed by atoms with Gasteiger partial charge in [-0.3, -0.25) is 0 Å². The molecule has 1 saturated heterocycles. The molecule has 2 heterocycles. The molecule has 0 bridgehead atoms. The van der Waals surface area contributed by atoms with E-state index in [0.29, 0.717) is 6.04 Å². The summed E-state index contributed by atoms with van der Waals surface area (Å²) >= 11 is 1.70. The third-order valence-electron chi connectivity index (χ3n) is 3.26. The molecule has 1 aliphatic rings. The summed E-state index contributed by atoms with van der Waals surface area (Å²) in [5.41, 5.74) is 2.30. The van der Waals surface area contributed by atoms with E-state index in [9.17, 15) is 0 Å². The second-order valence-corrected chi connectivity index (χ2v) is 5.32. The number of ether oxygens (including phenoxy) is 1. The molecule has 3 nitrogen and oxygen atoms in total. The van der Waals surface area contributed by atoms with Crippen LogP contribution in [0.4, 0.5) is 0 Å². The summed E-state index contributed by atoms with van der Waals surface area (Å²) in [5.74, 6) is 0.878. The number of thiazole rings is 1. The molecule has 4 heteroatoms. The van der Waals surface area contributed by atoms with Gasteiger partial charge in [-0.15, -0.1) is 11.3 Å². The fraction of sp³-hybridized carbons (Fsp3) is 0.357. The zero-order valence-corrected chi connectivity index (χ0v) is 11.2. The Labute approximate surface area is 111 Å². The molecule has 2 aromatic rings. The molecule has 94 valence electrons. The Kier molecular flexibility index (Phi) is 3.30. The normalized spacial score (nSPS) is 19.1. The molecular formula is C14H16N2OS. The molecule has 1 aromatic carbocycles. The van der Waals surface area contributed by atoms with Crippen LogP contribution >= 0.6 is 11.3 Å². The van der Waals surface area contributed by atoms with E-state index in [1.165, 1.54) is 18.5 Å². The summed E-state index contributed by atoms with van der Waals surface area (Å²) in [6.07, 6.45) is 2.44. The summed E-state index contributed by atoms with van der Waals surface area (Å²) < 4.78 is 5.25. The molecular weight excluding hydrogens is 244 g/mol. The van der Waals surface area contributed by atoms with Gasteiger partial charge in [0.2, 0.25) is 0 Å². The van der Waals surface area contributed by atoms with Gasteiger partial charge in [0.1, 0.15) is 10.8 Å². The number of hydrogen-bond acceptors (Lipinski definition) is 4. The first-order valence-electron chi connectivity index (χ1n) is 6.20. The SMILES string of the molecule is COc1cccc(-c2nc(C3CCCN3)cs2)c1. The molecule has 1 unspecified atom stereocenters. The van der Waals surface area contributed by atoms with Gasteiger partial charge >= 0.3 is 0 Å². The van der Waals surface area contributed by atoms with Gasteiger partial charge in [0, 0.05) is 10.9 Å². The molecule has 3 rings (SSSR count). The minimum absolute atomic E-state index is 0.445. The van der Waals surface area contributed by atoms with Crippen LogP contribution in [0.3, 0.4) is 0 Å². The third kappa shape index (κ3) is 2.26. The summed E-state index contributed by atoms with van der Waals surface area (Å²) in [4.78, 5) is 4.74. The van der Waals surface area contributed by atoms with Crippen LogP contribution in [-0.4, -0.2) is 18.6 Å². The van der Waals surface area contributed by atoms with Crippen molar-refractivity contribution in [1.82, 2.24) is 10.3 Å². The minimum Gasteiger partial charge on any atom is -0.497 e. The van der Waals surface area contributed by atoms with Crippen molar-refractivity contribution >= 4 is 11.3 Å². The van der Waals surface area contributed by atoms with Crippen molar-refractivity contribution in [3.63, 3.8) is 0 Å². The quantitative estimate of drug-likeness (QED) is 0.920. The monoisotopic (exact) mass is 260 g/mol. The first-order valence-corrected chi connectivity index (χ1v) is 7.08. The molecule has 0 saturated carbocycles. The number of nitrogens with zero attached hydrogens (tertiary/aromatic N) is 1. The first kappa shape index (κ1) is 11.7. The number of nitrogens with one attached hydrogen (secondary N) is 1. The van der Waals surface area contributed by atoms with Gasteiger partial charge < -0.3 is 10.1 Å². The molecule has 18 heavy (non-hydrogen) atoms. The zero-order valence-electron chi connectivity index (χ0n) is 10.3. The molecule has 1 N–H and O–H groups in total. The van der Waals surface area contributed by atoms with Gasteiger partial charge in [0.15, 0.2) is 0 Å². The van der Waals surface area contributed by atoms with Crippen LogP contribution in [0.2, 0.25) is 0 Å². The van der Waals surface area contributed by atoms with Crippen LogP contribution in [0.15, 0.2) is 29.6 Å². The topological polar surface area (TPSA) is 34.1 Å². The van der Waals surface area contributed by atoms with Crippen molar-refractivity contribution in [3.05, 3.63) is 35.3 Å². The van der Waals surface area contributed by atoms with Gasteiger partial charge in [-0.25, -0.2) is 4.98 Å². The Morgan fingerprint density at radius 1 is 1.44 bits per heavy atom. The molecule has 1 fully saturated rings. The number of hydrogen-bond donors (Lipinski definition) is 1. The second-order valence-electron chi connectivity index (χ2n) is 4.46. The van der Waals surface area contributed by atoms with Crippen LogP contribution in [0.5, 0.6) is 5.75 Å². The average Bonchev–Trinajstić information content (AvgIpc) is 3.09. The van der Waals surface area contributed by atoms with E-state index in [4.69, 9.17) is 9.72 Å². The van der Waals surface area contributed by atoms with Gasteiger partial charge in [-0.2, -0.15) is 0 Å². The van der Waals surface area contributed by atoms with E-state index in [0.717, 1.165) is 22.9 Å². The highest BCUT2D eigenvalue weighted by Gasteiger charge is 2.19. The Morgan fingerprint density at radius 3 is 3.17 bits per heavy atom. The average molecular weight is 260 g/mol. The van der Waals surface area contributed by atoms with Crippen LogP contribution in [0.25, 0.3) is 10.6 Å². The lowest BCUT2D eigenvalue weighted by atomic mass is 10.2. The maximum absolute atomic E-state index is 5.25. The Morgan fingerprint density at radius 2 is 2.39 bits per heavy atom. The molecule has 1 atom stereocenters. The van der Waals surface area contributed by atoms with Crippen molar-refractivity contribution in [1.29, 1.82) is 0 Å². The largest absolute Gasteiger partial charge is 0.497 e. The lowest BCUT2D eigenvalue weighted by Gasteiger charge is -2.05. The zero-order chi connectivity index (χ0) is 12.4. The van der Waals surface area contributed by atoms with E-state index < -0.39 is 0 Å².